The highest BCUT2D eigenvalue weighted by Gasteiger charge is 2.40. The maximum atomic E-state index is 13.0. The number of nitrogens with one attached hydrogen (secondary N) is 1. The summed E-state index contributed by atoms with van der Waals surface area (Å²) in [7, 11) is 0. The predicted molar refractivity (Wildman–Crippen MR) is 112 cm³/mol. The maximum Gasteiger partial charge on any atom is 0.261 e. The van der Waals surface area contributed by atoms with Gasteiger partial charge in [0.1, 0.15) is 0 Å². The van der Waals surface area contributed by atoms with Crippen LogP contribution in [-0.2, 0) is 4.79 Å². The number of amides is 3. The molecule has 1 aliphatic heterocycles. The van der Waals surface area contributed by atoms with E-state index in [0.29, 0.717) is 21.8 Å². The fourth-order valence-corrected chi connectivity index (χ4v) is 4.50. The van der Waals surface area contributed by atoms with Crippen LogP contribution in [0.1, 0.15) is 52.0 Å². The fraction of sp³-hybridized carbons (Fsp3) is 0.348. The molecule has 1 aliphatic carbocycles. The van der Waals surface area contributed by atoms with Crippen LogP contribution in [0.3, 0.4) is 0 Å². The minimum Gasteiger partial charge on any atom is -0.326 e. The van der Waals surface area contributed by atoms with Crippen LogP contribution in [0.25, 0.3) is 0 Å². The van der Waals surface area contributed by atoms with Crippen molar-refractivity contribution in [1.82, 2.24) is 4.90 Å². The minimum absolute atomic E-state index is 0.0492. The topological polar surface area (TPSA) is 66.5 Å². The lowest BCUT2D eigenvalue weighted by atomic mass is 9.78. The van der Waals surface area contributed by atoms with Gasteiger partial charge in [0.05, 0.1) is 11.1 Å². The molecule has 2 unspecified atom stereocenters. The normalized spacial score (nSPS) is 21.2. The Morgan fingerprint density at radius 2 is 1.72 bits per heavy atom. The van der Waals surface area contributed by atoms with Crippen LogP contribution in [0.5, 0.6) is 0 Å². The van der Waals surface area contributed by atoms with E-state index < -0.39 is 0 Å². The van der Waals surface area contributed by atoms with Gasteiger partial charge in [0.25, 0.3) is 11.8 Å². The second-order valence-corrected chi connectivity index (χ2v) is 8.28. The average Bonchev–Trinajstić information content (AvgIpc) is 2.96. The summed E-state index contributed by atoms with van der Waals surface area (Å²) in [6, 6.07) is 12.3. The summed E-state index contributed by atoms with van der Waals surface area (Å²) in [6.45, 7) is 2.19. The van der Waals surface area contributed by atoms with E-state index in [1.165, 1.54) is 4.90 Å². The molecular formula is C23H23ClN2O3. The highest BCUT2D eigenvalue weighted by atomic mass is 35.5. The molecule has 0 bridgehead atoms. The van der Waals surface area contributed by atoms with Crippen LogP contribution >= 0.6 is 11.6 Å². The van der Waals surface area contributed by atoms with Crippen molar-refractivity contribution >= 4 is 35.0 Å². The second kappa shape index (κ2) is 7.99. The molecule has 0 saturated heterocycles. The number of benzene rings is 2. The Kier molecular flexibility index (Phi) is 5.41. The van der Waals surface area contributed by atoms with Gasteiger partial charge in [-0.05, 0) is 55.5 Å². The third-order valence-electron chi connectivity index (χ3n) is 5.98. The summed E-state index contributed by atoms with van der Waals surface area (Å²) in [5.41, 5.74) is 2.51. The zero-order valence-electron chi connectivity index (χ0n) is 16.3. The van der Waals surface area contributed by atoms with E-state index in [1.54, 1.807) is 30.3 Å². The van der Waals surface area contributed by atoms with E-state index in [2.05, 4.69) is 5.32 Å². The number of halogens is 1. The molecular weight excluding hydrogens is 388 g/mol. The van der Waals surface area contributed by atoms with E-state index in [1.807, 2.05) is 19.1 Å². The molecule has 1 saturated carbocycles. The molecule has 29 heavy (non-hydrogen) atoms. The van der Waals surface area contributed by atoms with Crippen molar-refractivity contribution < 1.29 is 14.4 Å². The monoisotopic (exact) mass is 410 g/mol. The number of nitrogens with zero attached hydrogens (tertiary/aromatic N) is 1. The van der Waals surface area contributed by atoms with E-state index >= 15 is 0 Å². The molecule has 2 aromatic rings. The number of hydrogen-bond acceptors (Lipinski definition) is 3. The first-order chi connectivity index (χ1) is 14.0. The standard InChI is InChI=1S/C23H23ClN2O3/c1-14-10-11-16(12-20(14)24)25-21(27)17-7-3-2-6-15(17)13-26-22(28)18-8-4-5-9-19(18)23(26)29/h4-5,8-12,15,17H,2-3,6-7,13H2,1H3,(H,25,27). The van der Waals surface area contributed by atoms with Crippen LogP contribution < -0.4 is 5.32 Å². The molecule has 1 heterocycles. The van der Waals surface area contributed by atoms with E-state index in [-0.39, 0.29) is 36.1 Å². The van der Waals surface area contributed by atoms with E-state index in [9.17, 15) is 14.4 Å². The molecule has 3 amide bonds. The molecule has 1 fully saturated rings. The van der Waals surface area contributed by atoms with Gasteiger partial charge in [-0.15, -0.1) is 0 Å². The molecule has 0 spiro atoms. The fourth-order valence-electron chi connectivity index (χ4n) is 4.32. The summed E-state index contributed by atoms with van der Waals surface area (Å²) in [5, 5.41) is 3.57. The predicted octanol–water partition coefficient (Wildman–Crippen LogP) is 4.69. The average molecular weight is 411 g/mol. The van der Waals surface area contributed by atoms with Gasteiger partial charge in [-0.1, -0.05) is 42.6 Å². The Balaban J connectivity index is 1.49. The second-order valence-electron chi connectivity index (χ2n) is 7.87. The summed E-state index contributed by atoms with van der Waals surface area (Å²) in [5.74, 6) is -0.896. The first-order valence-corrected chi connectivity index (χ1v) is 10.4. The lowest BCUT2D eigenvalue weighted by Crippen LogP contribution is -2.41. The number of carbonyl (C=O) groups is 3. The largest absolute Gasteiger partial charge is 0.326 e. The Hall–Kier alpha value is -2.66. The number of hydrogen-bond donors (Lipinski definition) is 1. The zero-order valence-corrected chi connectivity index (χ0v) is 17.0. The van der Waals surface area contributed by atoms with Crippen molar-refractivity contribution in [3.8, 4) is 0 Å². The first kappa shape index (κ1) is 19.6. The van der Waals surface area contributed by atoms with Gasteiger partial charge in [0.2, 0.25) is 5.91 Å². The smallest absolute Gasteiger partial charge is 0.261 e. The van der Waals surface area contributed by atoms with Crippen LogP contribution in [0.2, 0.25) is 5.02 Å². The van der Waals surface area contributed by atoms with Crippen molar-refractivity contribution in [1.29, 1.82) is 0 Å². The van der Waals surface area contributed by atoms with Gasteiger partial charge in [0, 0.05) is 23.2 Å². The van der Waals surface area contributed by atoms with Crippen LogP contribution in [0.4, 0.5) is 5.69 Å². The summed E-state index contributed by atoms with van der Waals surface area (Å²) in [6.07, 6.45) is 3.53. The SMILES string of the molecule is Cc1ccc(NC(=O)C2CCCCC2CN2C(=O)c3ccccc3C2=O)cc1Cl. The van der Waals surface area contributed by atoms with Crippen LogP contribution in [0, 0.1) is 18.8 Å². The zero-order chi connectivity index (χ0) is 20.5. The van der Waals surface area contributed by atoms with Gasteiger partial charge < -0.3 is 5.32 Å². The van der Waals surface area contributed by atoms with Gasteiger partial charge >= 0.3 is 0 Å². The maximum absolute atomic E-state index is 13.0. The highest BCUT2D eigenvalue weighted by molar-refractivity contribution is 6.31. The Bertz CT molecular complexity index is 953. The number of aryl methyl sites for hydroxylation is 1. The van der Waals surface area contributed by atoms with E-state index in [0.717, 1.165) is 31.2 Å². The molecule has 1 N–H and O–H groups in total. The number of imide groups is 1. The number of rotatable bonds is 4. The lowest BCUT2D eigenvalue weighted by molar-refractivity contribution is -0.122. The highest BCUT2D eigenvalue weighted by Crippen LogP contribution is 2.34. The number of fused-ring (bicyclic) bond motifs is 1. The van der Waals surface area contributed by atoms with Crippen molar-refractivity contribution in [2.75, 3.05) is 11.9 Å². The molecule has 4 rings (SSSR count). The molecule has 5 nitrogen and oxygen atoms in total. The molecule has 0 aromatic heterocycles. The number of carbonyl (C=O) groups excluding carboxylic acids is 3. The van der Waals surface area contributed by atoms with Crippen molar-refractivity contribution in [3.05, 3.63) is 64.2 Å². The van der Waals surface area contributed by atoms with Gasteiger partial charge in [0.15, 0.2) is 0 Å². The van der Waals surface area contributed by atoms with Crippen molar-refractivity contribution in [3.63, 3.8) is 0 Å². The third-order valence-corrected chi connectivity index (χ3v) is 6.39. The number of anilines is 1. The molecule has 2 atom stereocenters. The summed E-state index contributed by atoms with van der Waals surface area (Å²) >= 11 is 6.17. The third kappa shape index (κ3) is 3.79. The van der Waals surface area contributed by atoms with Crippen molar-refractivity contribution in [2.24, 2.45) is 11.8 Å². The Labute approximate surface area is 175 Å². The lowest BCUT2D eigenvalue weighted by Gasteiger charge is -2.32. The summed E-state index contributed by atoms with van der Waals surface area (Å²) in [4.78, 5) is 39.7. The first-order valence-electron chi connectivity index (χ1n) is 9.98. The van der Waals surface area contributed by atoms with E-state index in [4.69, 9.17) is 11.6 Å². The molecule has 6 heteroatoms. The van der Waals surface area contributed by atoms with Crippen molar-refractivity contribution in [2.45, 2.75) is 32.6 Å². The Morgan fingerprint density at radius 1 is 1.07 bits per heavy atom. The molecule has 2 aromatic carbocycles. The molecule has 2 aliphatic rings. The molecule has 150 valence electrons. The molecule has 0 radical (unpaired) electrons. The van der Waals surface area contributed by atoms with Gasteiger partial charge in [-0.3, -0.25) is 19.3 Å². The summed E-state index contributed by atoms with van der Waals surface area (Å²) < 4.78 is 0. The minimum atomic E-state index is -0.263. The van der Waals surface area contributed by atoms with Gasteiger partial charge in [-0.2, -0.15) is 0 Å². The van der Waals surface area contributed by atoms with Crippen LogP contribution in [0.15, 0.2) is 42.5 Å². The quantitative estimate of drug-likeness (QED) is 0.743. The van der Waals surface area contributed by atoms with Gasteiger partial charge in [-0.25, -0.2) is 0 Å². The van der Waals surface area contributed by atoms with Crippen LogP contribution in [-0.4, -0.2) is 29.2 Å². The Morgan fingerprint density at radius 3 is 2.38 bits per heavy atom.